The summed E-state index contributed by atoms with van der Waals surface area (Å²) in [4.78, 5) is 45.8. The van der Waals surface area contributed by atoms with Gasteiger partial charge in [0.25, 0.3) is 5.91 Å². The van der Waals surface area contributed by atoms with Gasteiger partial charge in [-0.15, -0.1) is 0 Å². The number of ether oxygens (including phenoxy) is 1. The maximum Gasteiger partial charge on any atom is 0.325 e. The van der Waals surface area contributed by atoms with E-state index in [2.05, 4.69) is 20.7 Å². The summed E-state index contributed by atoms with van der Waals surface area (Å²) >= 11 is 0. The second kappa shape index (κ2) is 12.3. The molecule has 0 saturated carbocycles. The van der Waals surface area contributed by atoms with Crippen molar-refractivity contribution in [2.24, 2.45) is 0 Å². The lowest BCUT2D eigenvalue weighted by Gasteiger charge is -2.09. The number of hydrogen-bond acceptors (Lipinski definition) is 5. The first kappa shape index (κ1) is 20.9. The summed E-state index contributed by atoms with van der Waals surface area (Å²) in [5.41, 5.74) is 0.916. The van der Waals surface area contributed by atoms with Crippen LogP contribution in [0.1, 0.15) is 25.3 Å². The summed E-state index contributed by atoms with van der Waals surface area (Å²) in [7, 11) is 0. The molecule has 0 fully saturated rings. The van der Waals surface area contributed by atoms with Crippen LogP contribution in [0.15, 0.2) is 30.3 Å². The molecule has 0 bridgehead atoms. The van der Waals surface area contributed by atoms with Crippen molar-refractivity contribution in [1.82, 2.24) is 21.3 Å². The molecule has 0 radical (unpaired) electrons. The number of nitrogens with one attached hydrogen (secondary N) is 4. The Labute approximate surface area is 151 Å². The van der Waals surface area contributed by atoms with E-state index in [1.807, 2.05) is 42.6 Å². The molecule has 0 atom stereocenters. The molecule has 1 aromatic carbocycles. The molecule has 0 aliphatic heterocycles. The summed E-state index contributed by atoms with van der Waals surface area (Å²) < 4.78 is 4.67. The van der Waals surface area contributed by atoms with Gasteiger partial charge < -0.3 is 20.7 Å². The van der Waals surface area contributed by atoms with Crippen molar-refractivity contribution in [2.75, 3.05) is 19.7 Å². The van der Waals surface area contributed by atoms with Gasteiger partial charge in [0, 0.05) is 13.1 Å². The molecule has 0 aromatic heterocycles. The third-order valence-electron chi connectivity index (χ3n) is 3.12. The Morgan fingerprint density at radius 3 is 2.38 bits per heavy atom. The third-order valence-corrected chi connectivity index (χ3v) is 3.12. The zero-order chi connectivity index (χ0) is 19.2. The summed E-state index contributed by atoms with van der Waals surface area (Å²) in [6, 6.07) is 8.09. The Balaban J connectivity index is 2.12. The van der Waals surface area contributed by atoms with Gasteiger partial charge >= 0.3 is 18.0 Å². The lowest BCUT2D eigenvalue weighted by atomic mass is 10.2. The number of unbranched alkanes of at least 4 members (excludes halogenated alkanes) is 1. The van der Waals surface area contributed by atoms with Crippen LogP contribution in [0, 0.1) is 0 Å². The van der Waals surface area contributed by atoms with E-state index in [4.69, 9.17) is 0 Å². The van der Waals surface area contributed by atoms with Crippen LogP contribution in [0.25, 0.3) is 0 Å². The van der Waals surface area contributed by atoms with E-state index in [9.17, 15) is 19.2 Å². The molecule has 4 N–H and O–H groups in total. The van der Waals surface area contributed by atoms with Gasteiger partial charge in [-0.3, -0.25) is 14.9 Å². The lowest BCUT2D eigenvalue weighted by Crippen LogP contribution is -2.42. The van der Waals surface area contributed by atoms with Crippen LogP contribution in [-0.4, -0.2) is 43.6 Å². The largest absolute Gasteiger partial charge is 0.454 e. The number of carbonyl (C=O) groups excluding carboxylic acids is 4. The van der Waals surface area contributed by atoms with Crippen molar-refractivity contribution in [1.29, 1.82) is 0 Å². The lowest BCUT2D eigenvalue weighted by molar-refractivity contribution is -0.147. The van der Waals surface area contributed by atoms with Crippen LogP contribution >= 0.6 is 0 Å². The van der Waals surface area contributed by atoms with Crippen LogP contribution < -0.4 is 21.3 Å². The fraction of sp³-hybridized carbons (Fsp3) is 0.412. The molecule has 0 unspecified atom stereocenters. The average Bonchev–Trinajstić information content (AvgIpc) is 2.64. The van der Waals surface area contributed by atoms with Gasteiger partial charge in [0.15, 0.2) is 6.61 Å². The molecule has 0 heterocycles. The molecule has 1 rings (SSSR count). The predicted octanol–water partition coefficient (Wildman–Crippen LogP) is 0.655. The molecular formula is C17H24N4O5. The van der Waals surface area contributed by atoms with Crippen molar-refractivity contribution in [3.8, 4) is 0 Å². The molecule has 142 valence electrons. The Bertz CT molecular complexity index is 606. The average molecular weight is 364 g/mol. The number of urea groups is 2. The van der Waals surface area contributed by atoms with E-state index in [-0.39, 0.29) is 0 Å². The molecule has 1 aromatic rings. The van der Waals surface area contributed by atoms with Crippen molar-refractivity contribution in [2.45, 2.75) is 26.3 Å². The highest BCUT2D eigenvalue weighted by atomic mass is 16.5. The van der Waals surface area contributed by atoms with E-state index >= 15 is 0 Å². The molecule has 9 nitrogen and oxygen atoms in total. The molecular weight excluding hydrogens is 340 g/mol. The molecule has 9 heteroatoms. The standard InChI is InChI=1S/C17H24N4O5/c1-2-3-9-18-17(25)21-14(22)12-26-15(23)11-20-16(24)19-10-13-7-5-4-6-8-13/h4-8H,2-3,9-12H2,1H3,(H2,19,20,24)(H2,18,21,22,25). The molecule has 0 aliphatic rings. The fourth-order valence-electron chi connectivity index (χ4n) is 1.78. The molecule has 26 heavy (non-hydrogen) atoms. The Kier molecular flexibility index (Phi) is 9.90. The SMILES string of the molecule is CCCCNC(=O)NC(=O)COC(=O)CNC(=O)NCc1ccccc1. The minimum absolute atomic E-state index is 0.317. The van der Waals surface area contributed by atoms with E-state index in [1.165, 1.54) is 0 Å². The van der Waals surface area contributed by atoms with Crippen LogP contribution in [0.4, 0.5) is 9.59 Å². The van der Waals surface area contributed by atoms with Crippen molar-refractivity contribution < 1.29 is 23.9 Å². The van der Waals surface area contributed by atoms with Crippen molar-refractivity contribution in [3.05, 3.63) is 35.9 Å². The number of rotatable bonds is 9. The van der Waals surface area contributed by atoms with E-state index in [0.29, 0.717) is 13.1 Å². The molecule has 0 spiro atoms. The van der Waals surface area contributed by atoms with E-state index in [1.54, 1.807) is 0 Å². The van der Waals surface area contributed by atoms with Crippen molar-refractivity contribution >= 4 is 23.9 Å². The third kappa shape index (κ3) is 9.91. The minimum atomic E-state index is -0.790. The van der Waals surface area contributed by atoms with E-state index in [0.717, 1.165) is 18.4 Å². The fourth-order valence-corrected chi connectivity index (χ4v) is 1.78. The highest BCUT2D eigenvalue weighted by Gasteiger charge is 2.11. The summed E-state index contributed by atoms with van der Waals surface area (Å²) in [6.07, 6.45) is 1.71. The highest BCUT2D eigenvalue weighted by molar-refractivity contribution is 5.95. The van der Waals surface area contributed by atoms with Crippen molar-refractivity contribution in [3.63, 3.8) is 0 Å². The first-order chi connectivity index (χ1) is 12.5. The van der Waals surface area contributed by atoms with Crippen LogP contribution in [0.5, 0.6) is 0 Å². The van der Waals surface area contributed by atoms with Gasteiger partial charge in [-0.05, 0) is 12.0 Å². The van der Waals surface area contributed by atoms with Crippen LogP contribution in [0.3, 0.4) is 0 Å². The van der Waals surface area contributed by atoms with Gasteiger partial charge in [-0.1, -0.05) is 43.7 Å². The van der Waals surface area contributed by atoms with Crippen LogP contribution in [-0.2, 0) is 20.9 Å². The predicted molar refractivity (Wildman–Crippen MR) is 94.1 cm³/mol. The Morgan fingerprint density at radius 1 is 0.962 bits per heavy atom. The Morgan fingerprint density at radius 2 is 1.69 bits per heavy atom. The number of hydrogen-bond donors (Lipinski definition) is 4. The zero-order valence-electron chi connectivity index (χ0n) is 14.7. The number of imide groups is 1. The number of carbonyl (C=O) groups is 4. The summed E-state index contributed by atoms with van der Waals surface area (Å²) in [6.45, 7) is 1.75. The number of amides is 5. The van der Waals surface area contributed by atoms with Crippen LogP contribution in [0.2, 0.25) is 0 Å². The summed E-state index contributed by atoms with van der Waals surface area (Å²) in [5.74, 6) is -1.54. The Hall–Kier alpha value is -3.10. The minimum Gasteiger partial charge on any atom is -0.454 e. The maximum absolute atomic E-state index is 11.6. The monoisotopic (exact) mass is 364 g/mol. The molecule has 0 saturated heterocycles. The first-order valence-corrected chi connectivity index (χ1v) is 8.30. The van der Waals surface area contributed by atoms with Gasteiger partial charge in [0.2, 0.25) is 0 Å². The number of esters is 1. The first-order valence-electron chi connectivity index (χ1n) is 8.30. The quantitative estimate of drug-likeness (QED) is 0.378. The normalized spacial score (nSPS) is 9.73. The van der Waals surface area contributed by atoms with Gasteiger partial charge in [-0.25, -0.2) is 9.59 Å². The number of benzene rings is 1. The summed E-state index contributed by atoms with van der Waals surface area (Å²) in [5, 5.41) is 9.42. The second-order valence-electron chi connectivity index (χ2n) is 5.34. The van der Waals surface area contributed by atoms with Gasteiger partial charge in [0.05, 0.1) is 0 Å². The molecule has 0 aliphatic carbocycles. The van der Waals surface area contributed by atoms with Gasteiger partial charge in [-0.2, -0.15) is 0 Å². The van der Waals surface area contributed by atoms with E-state index < -0.39 is 37.1 Å². The smallest absolute Gasteiger partial charge is 0.325 e. The topological polar surface area (TPSA) is 126 Å². The molecule has 5 amide bonds. The maximum atomic E-state index is 11.6. The second-order valence-corrected chi connectivity index (χ2v) is 5.34. The van der Waals surface area contributed by atoms with Gasteiger partial charge in [0.1, 0.15) is 6.54 Å². The zero-order valence-corrected chi connectivity index (χ0v) is 14.7. The highest BCUT2D eigenvalue weighted by Crippen LogP contribution is 1.96.